The number of benzene rings is 2. The smallest absolute Gasteiger partial charge is 0.344 e. The third-order valence-electron chi connectivity index (χ3n) is 3.86. The van der Waals surface area contributed by atoms with Gasteiger partial charge >= 0.3 is 5.97 Å². The number of cyclic esters (lactones) is 1. The van der Waals surface area contributed by atoms with E-state index in [1.165, 1.54) is 19.1 Å². The first-order chi connectivity index (χ1) is 10.4. The molecule has 112 valence electrons. The maximum atomic E-state index is 12.9. The second kappa shape index (κ2) is 5.03. The first-order valence-electron chi connectivity index (χ1n) is 6.73. The highest BCUT2D eigenvalue weighted by atomic mass is 19.1. The van der Waals surface area contributed by atoms with E-state index < -0.39 is 23.5 Å². The van der Waals surface area contributed by atoms with Gasteiger partial charge in [0, 0.05) is 5.56 Å². The van der Waals surface area contributed by atoms with Gasteiger partial charge in [0.1, 0.15) is 5.82 Å². The lowest BCUT2D eigenvalue weighted by Crippen LogP contribution is -2.33. The van der Waals surface area contributed by atoms with Gasteiger partial charge in [-0.25, -0.2) is 9.18 Å². The summed E-state index contributed by atoms with van der Waals surface area (Å²) in [5.74, 6) is -1.92. The lowest BCUT2D eigenvalue weighted by Gasteiger charge is -2.21. The molecule has 3 rings (SSSR count). The molecule has 0 radical (unpaired) electrons. The van der Waals surface area contributed by atoms with Crippen LogP contribution in [0.25, 0.3) is 11.1 Å². The Morgan fingerprint density at radius 3 is 1.95 bits per heavy atom. The van der Waals surface area contributed by atoms with Crippen molar-refractivity contribution in [3.05, 3.63) is 59.9 Å². The molecule has 0 aromatic heterocycles. The third kappa shape index (κ3) is 2.19. The minimum atomic E-state index is -1.73. The molecule has 5 heteroatoms. The summed E-state index contributed by atoms with van der Waals surface area (Å²) in [5.41, 5.74) is 0.670. The van der Waals surface area contributed by atoms with Crippen molar-refractivity contribution in [2.75, 3.05) is 0 Å². The molecule has 2 aromatic carbocycles. The molecule has 1 N–H and O–H groups in total. The van der Waals surface area contributed by atoms with Crippen LogP contribution >= 0.6 is 0 Å². The third-order valence-corrected chi connectivity index (χ3v) is 3.86. The summed E-state index contributed by atoms with van der Waals surface area (Å²) in [6.45, 7) is 1.45. The fraction of sp³-hybridized carbons (Fsp3) is 0.176. The average molecular weight is 300 g/mol. The number of rotatable bonds is 2. The van der Waals surface area contributed by atoms with Crippen LogP contribution in [0.4, 0.5) is 4.39 Å². The lowest BCUT2D eigenvalue weighted by atomic mass is 9.89. The van der Waals surface area contributed by atoms with Crippen molar-refractivity contribution in [1.29, 1.82) is 0 Å². The molecule has 4 nitrogen and oxygen atoms in total. The molecular weight excluding hydrogens is 287 g/mol. The van der Waals surface area contributed by atoms with Gasteiger partial charge in [0.25, 0.3) is 0 Å². The summed E-state index contributed by atoms with van der Waals surface area (Å²) in [7, 11) is 0. The predicted molar refractivity (Wildman–Crippen MR) is 76.3 cm³/mol. The van der Waals surface area contributed by atoms with Gasteiger partial charge in [-0.05, 0) is 30.2 Å². The zero-order valence-electron chi connectivity index (χ0n) is 11.7. The molecule has 22 heavy (non-hydrogen) atoms. The van der Waals surface area contributed by atoms with E-state index >= 15 is 0 Å². The number of hydrogen-bond donors (Lipinski definition) is 1. The van der Waals surface area contributed by atoms with Crippen molar-refractivity contribution in [1.82, 2.24) is 0 Å². The molecule has 2 unspecified atom stereocenters. The van der Waals surface area contributed by atoms with E-state index in [1.54, 1.807) is 36.4 Å². The minimum absolute atomic E-state index is 0.315. The largest absolute Gasteiger partial charge is 0.444 e. The first-order valence-corrected chi connectivity index (χ1v) is 6.73. The molecule has 0 spiro atoms. The number of Topliss-reactive ketones (excluding diaryl/α,β-unsaturated/α-hetero) is 1. The van der Waals surface area contributed by atoms with Gasteiger partial charge in [-0.15, -0.1) is 0 Å². The van der Waals surface area contributed by atoms with Gasteiger partial charge in [0.2, 0.25) is 11.9 Å². The summed E-state index contributed by atoms with van der Waals surface area (Å²) >= 11 is 0. The standard InChI is InChI=1S/C17H13FO4/c1-17(15(20)14(19)16(21)22-17)12-6-2-10(3-7-12)11-4-8-13(18)9-5-11/h2-9,14,19H,1H3. The first kappa shape index (κ1) is 14.4. The highest BCUT2D eigenvalue weighted by Crippen LogP contribution is 2.34. The zero-order chi connectivity index (χ0) is 15.9. The molecule has 2 aromatic rings. The van der Waals surface area contributed by atoms with E-state index in [0.717, 1.165) is 11.1 Å². The number of aliphatic hydroxyl groups is 1. The molecule has 1 saturated heterocycles. The minimum Gasteiger partial charge on any atom is -0.444 e. The second-order valence-corrected chi connectivity index (χ2v) is 5.31. The maximum Gasteiger partial charge on any atom is 0.344 e. The highest BCUT2D eigenvalue weighted by Gasteiger charge is 2.52. The SMILES string of the molecule is CC1(c2ccc(-c3ccc(F)cc3)cc2)OC(=O)C(O)C1=O. The lowest BCUT2D eigenvalue weighted by molar-refractivity contribution is -0.153. The van der Waals surface area contributed by atoms with Crippen molar-refractivity contribution in [2.24, 2.45) is 0 Å². The zero-order valence-corrected chi connectivity index (χ0v) is 11.7. The molecule has 0 saturated carbocycles. The molecule has 2 atom stereocenters. The van der Waals surface area contributed by atoms with Crippen molar-refractivity contribution < 1.29 is 23.8 Å². The number of esters is 1. The number of carbonyl (C=O) groups excluding carboxylic acids is 2. The summed E-state index contributed by atoms with van der Waals surface area (Å²) in [5, 5.41) is 9.46. The maximum absolute atomic E-state index is 12.9. The summed E-state index contributed by atoms with van der Waals surface area (Å²) in [6, 6.07) is 12.8. The molecule has 0 bridgehead atoms. The number of ketones is 1. The summed E-state index contributed by atoms with van der Waals surface area (Å²) in [6.07, 6.45) is -1.73. The number of halogens is 1. The molecular formula is C17H13FO4. The fourth-order valence-electron chi connectivity index (χ4n) is 2.50. The van der Waals surface area contributed by atoms with E-state index in [-0.39, 0.29) is 5.82 Å². The van der Waals surface area contributed by atoms with Gasteiger partial charge < -0.3 is 9.84 Å². The van der Waals surface area contributed by atoms with E-state index in [4.69, 9.17) is 4.74 Å². The van der Waals surface area contributed by atoms with Crippen LogP contribution < -0.4 is 0 Å². The van der Waals surface area contributed by atoms with Crippen LogP contribution in [-0.2, 0) is 19.9 Å². The number of carbonyl (C=O) groups is 2. The molecule has 1 aliphatic heterocycles. The van der Waals surface area contributed by atoms with E-state index in [9.17, 15) is 19.1 Å². The molecule has 0 amide bonds. The van der Waals surface area contributed by atoms with E-state index in [1.807, 2.05) is 0 Å². The van der Waals surface area contributed by atoms with E-state index in [0.29, 0.717) is 5.56 Å². The summed E-state index contributed by atoms with van der Waals surface area (Å²) in [4.78, 5) is 23.4. The van der Waals surface area contributed by atoms with Gasteiger partial charge in [0.05, 0.1) is 0 Å². The number of ether oxygens (including phenoxy) is 1. The Hall–Kier alpha value is -2.53. The monoisotopic (exact) mass is 300 g/mol. The van der Waals surface area contributed by atoms with Crippen LogP contribution in [0.1, 0.15) is 12.5 Å². The van der Waals surface area contributed by atoms with E-state index in [2.05, 4.69) is 0 Å². The Morgan fingerprint density at radius 1 is 1.00 bits per heavy atom. The summed E-state index contributed by atoms with van der Waals surface area (Å²) < 4.78 is 18.0. The van der Waals surface area contributed by atoms with Crippen LogP contribution in [0.5, 0.6) is 0 Å². The van der Waals surface area contributed by atoms with Gasteiger partial charge in [-0.2, -0.15) is 0 Å². The Morgan fingerprint density at radius 2 is 1.50 bits per heavy atom. The molecule has 0 aliphatic carbocycles. The van der Waals surface area contributed by atoms with Crippen molar-refractivity contribution >= 4 is 11.8 Å². The Balaban J connectivity index is 1.93. The van der Waals surface area contributed by atoms with Crippen LogP contribution in [0.15, 0.2) is 48.5 Å². The Labute approximate surface area is 126 Å². The van der Waals surface area contributed by atoms with Crippen molar-refractivity contribution in [3.8, 4) is 11.1 Å². The average Bonchev–Trinajstić information content (AvgIpc) is 2.73. The Kier molecular flexibility index (Phi) is 3.30. The van der Waals surface area contributed by atoms with Crippen molar-refractivity contribution in [3.63, 3.8) is 0 Å². The number of hydrogen-bond acceptors (Lipinski definition) is 4. The molecule has 1 heterocycles. The van der Waals surface area contributed by atoms with Crippen LogP contribution in [0.3, 0.4) is 0 Å². The second-order valence-electron chi connectivity index (χ2n) is 5.31. The van der Waals surface area contributed by atoms with Gasteiger partial charge in [-0.3, -0.25) is 4.79 Å². The van der Waals surface area contributed by atoms with Gasteiger partial charge in [0.15, 0.2) is 5.60 Å². The van der Waals surface area contributed by atoms with Gasteiger partial charge in [-0.1, -0.05) is 36.4 Å². The topological polar surface area (TPSA) is 63.6 Å². The van der Waals surface area contributed by atoms with Crippen LogP contribution in [-0.4, -0.2) is 23.0 Å². The fourth-order valence-corrected chi connectivity index (χ4v) is 2.50. The van der Waals surface area contributed by atoms with Crippen LogP contribution in [0, 0.1) is 5.82 Å². The quantitative estimate of drug-likeness (QED) is 0.682. The molecule has 1 aliphatic rings. The van der Waals surface area contributed by atoms with Crippen molar-refractivity contribution in [2.45, 2.75) is 18.6 Å². The highest BCUT2D eigenvalue weighted by molar-refractivity contribution is 6.11. The number of aliphatic hydroxyl groups excluding tert-OH is 1. The van der Waals surface area contributed by atoms with Crippen LogP contribution in [0.2, 0.25) is 0 Å². The predicted octanol–water partition coefficient (Wildman–Crippen LogP) is 2.19. The Bertz CT molecular complexity index is 736. The molecule has 1 fully saturated rings. The normalized spacial score (nSPS) is 24.4.